The molecule has 0 saturated carbocycles. The number of anilines is 1. The van der Waals surface area contributed by atoms with Gasteiger partial charge in [0.2, 0.25) is 0 Å². The number of amides is 1. The largest absolute Gasteiger partial charge is 0.545 e. The molecule has 0 bridgehead atoms. The number of nitriles is 1. The number of carbonyl (C=O) groups excluding carboxylic acids is 3. The number of nitrogens with zero attached hydrogens (tertiary/aromatic N) is 1. The first-order chi connectivity index (χ1) is 17.2. The maximum atomic E-state index is 12.9. The molecule has 3 aromatic rings. The zero-order valence-electron chi connectivity index (χ0n) is 19.9. The maximum Gasteiger partial charge on any atom is 0.341 e. The van der Waals surface area contributed by atoms with Crippen LogP contribution >= 0.6 is 11.3 Å². The van der Waals surface area contributed by atoms with Gasteiger partial charge in [-0.3, -0.25) is 4.79 Å². The smallest absolute Gasteiger partial charge is 0.341 e. The number of aromatic carboxylic acids is 1. The standard InChI is InChI=1S/C27H24N2O6S/c1-4-34-27(33)23-16(2)17(3)36-25(23)29-24(30)21(14-28)13-20-7-5-6-8-22(20)35-15-18-9-11-19(12-10-18)26(31)32/h5-13H,4,15H2,1-3H3,(H,29,30)(H,31,32)/p-1. The van der Waals surface area contributed by atoms with Crippen molar-refractivity contribution in [3.63, 3.8) is 0 Å². The molecule has 1 heterocycles. The minimum absolute atomic E-state index is 0.0639. The molecule has 1 amide bonds. The zero-order chi connectivity index (χ0) is 26.2. The number of esters is 1. The number of carboxylic acids is 1. The van der Waals surface area contributed by atoms with Gasteiger partial charge in [-0.25, -0.2) is 4.79 Å². The molecule has 0 aliphatic rings. The number of aryl methyl sites for hydroxylation is 1. The van der Waals surface area contributed by atoms with Gasteiger partial charge in [0, 0.05) is 10.4 Å². The van der Waals surface area contributed by atoms with Crippen molar-refractivity contribution in [2.45, 2.75) is 27.4 Å². The van der Waals surface area contributed by atoms with Crippen molar-refractivity contribution in [3.05, 3.63) is 86.8 Å². The normalized spacial score (nSPS) is 10.9. The topological polar surface area (TPSA) is 129 Å². The predicted molar refractivity (Wildman–Crippen MR) is 134 cm³/mol. The highest BCUT2D eigenvalue weighted by Crippen LogP contribution is 2.33. The van der Waals surface area contributed by atoms with Crippen LogP contribution in [0.25, 0.3) is 6.08 Å². The van der Waals surface area contributed by atoms with Gasteiger partial charge in [-0.15, -0.1) is 11.3 Å². The van der Waals surface area contributed by atoms with Gasteiger partial charge >= 0.3 is 5.97 Å². The van der Waals surface area contributed by atoms with Crippen molar-refractivity contribution in [2.24, 2.45) is 0 Å². The Bertz CT molecular complexity index is 1370. The summed E-state index contributed by atoms with van der Waals surface area (Å²) in [5.41, 5.74) is 2.10. The van der Waals surface area contributed by atoms with E-state index < -0.39 is 17.8 Å². The number of ether oxygens (including phenoxy) is 2. The van der Waals surface area contributed by atoms with Crippen LogP contribution in [0.3, 0.4) is 0 Å². The molecule has 0 saturated heterocycles. The van der Waals surface area contributed by atoms with Gasteiger partial charge in [0.1, 0.15) is 29.0 Å². The van der Waals surface area contributed by atoms with Crippen LogP contribution in [0.4, 0.5) is 5.00 Å². The van der Waals surface area contributed by atoms with Crippen LogP contribution in [0, 0.1) is 25.2 Å². The van der Waals surface area contributed by atoms with Gasteiger partial charge in [-0.05, 0) is 49.6 Å². The van der Waals surface area contributed by atoms with E-state index in [-0.39, 0.29) is 29.9 Å². The Kier molecular flexibility index (Phi) is 8.60. The summed E-state index contributed by atoms with van der Waals surface area (Å²) in [7, 11) is 0. The first kappa shape index (κ1) is 26.2. The van der Waals surface area contributed by atoms with Gasteiger partial charge in [0.05, 0.1) is 18.1 Å². The van der Waals surface area contributed by atoms with E-state index in [1.54, 1.807) is 50.2 Å². The van der Waals surface area contributed by atoms with E-state index in [2.05, 4.69) is 5.32 Å². The second-order valence-electron chi connectivity index (χ2n) is 7.64. The van der Waals surface area contributed by atoms with E-state index in [9.17, 15) is 24.8 Å². The van der Waals surface area contributed by atoms with Crippen molar-refractivity contribution in [1.82, 2.24) is 0 Å². The Morgan fingerprint density at radius 1 is 1.11 bits per heavy atom. The summed E-state index contributed by atoms with van der Waals surface area (Å²) in [6, 6.07) is 14.9. The lowest BCUT2D eigenvalue weighted by Gasteiger charge is -2.11. The minimum atomic E-state index is -1.26. The van der Waals surface area contributed by atoms with Gasteiger partial charge < -0.3 is 24.7 Å². The Morgan fingerprint density at radius 2 is 1.81 bits per heavy atom. The summed E-state index contributed by atoms with van der Waals surface area (Å²) in [5.74, 6) is -2.04. The molecule has 1 N–H and O–H groups in total. The molecule has 8 nitrogen and oxygen atoms in total. The van der Waals surface area contributed by atoms with Crippen LogP contribution in [-0.4, -0.2) is 24.5 Å². The molecule has 2 aromatic carbocycles. The van der Waals surface area contributed by atoms with E-state index in [0.29, 0.717) is 21.9 Å². The molecule has 0 fully saturated rings. The van der Waals surface area contributed by atoms with Gasteiger partial charge in [0.15, 0.2) is 0 Å². The van der Waals surface area contributed by atoms with E-state index >= 15 is 0 Å². The third-order valence-corrected chi connectivity index (χ3v) is 6.38. The molecule has 184 valence electrons. The van der Waals surface area contributed by atoms with E-state index in [0.717, 1.165) is 10.4 Å². The zero-order valence-corrected chi connectivity index (χ0v) is 20.7. The van der Waals surface area contributed by atoms with Crippen molar-refractivity contribution in [1.29, 1.82) is 5.26 Å². The fraction of sp³-hybridized carbons (Fsp3) is 0.185. The highest BCUT2D eigenvalue weighted by molar-refractivity contribution is 7.16. The Labute approximate surface area is 212 Å². The summed E-state index contributed by atoms with van der Waals surface area (Å²) in [4.78, 5) is 37.1. The van der Waals surface area contributed by atoms with Crippen LogP contribution in [0.2, 0.25) is 0 Å². The van der Waals surface area contributed by atoms with Gasteiger partial charge in [-0.2, -0.15) is 5.26 Å². The predicted octanol–water partition coefficient (Wildman–Crippen LogP) is 4.03. The van der Waals surface area contributed by atoms with E-state index in [1.165, 1.54) is 29.5 Å². The molecule has 3 rings (SSSR count). The molecule has 0 spiro atoms. The molecule has 0 aliphatic heterocycles. The van der Waals surface area contributed by atoms with Gasteiger partial charge in [-0.1, -0.05) is 42.5 Å². The number of carboxylic acid groups (broad SMARTS) is 1. The first-order valence-corrected chi connectivity index (χ1v) is 11.8. The van der Waals surface area contributed by atoms with Crippen molar-refractivity contribution in [2.75, 3.05) is 11.9 Å². The maximum absolute atomic E-state index is 12.9. The Balaban J connectivity index is 1.81. The number of benzene rings is 2. The van der Waals surface area contributed by atoms with Crippen LogP contribution in [0.15, 0.2) is 54.1 Å². The molecule has 1 aromatic heterocycles. The summed E-state index contributed by atoms with van der Waals surface area (Å²) < 4.78 is 11.0. The van der Waals surface area contributed by atoms with Crippen LogP contribution in [0.5, 0.6) is 5.75 Å². The Hall–Kier alpha value is -4.42. The number of hydrogen-bond donors (Lipinski definition) is 1. The molecular formula is C27H23N2O6S-. The van der Waals surface area contributed by atoms with Gasteiger partial charge in [0.25, 0.3) is 5.91 Å². The van der Waals surface area contributed by atoms with Crippen LogP contribution in [-0.2, 0) is 16.1 Å². The average Bonchev–Trinajstić information content (AvgIpc) is 3.14. The summed E-state index contributed by atoms with van der Waals surface area (Å²) >= 11 is 1.23. The first-order valence-electron chi connectivity index (χ1n) is 11.0. The lowest BCUT2D eigenvalue weighted by Crippen LogP contribution is -2.22. The molecule has 9 heteroatoms. The molecule has 36 heavy (non-hydrogen) atoms. The summed E-state index contributed by atoms with van der Waals surface area (Å²) in [5, 5.41) is 23.6. The Morgan fingerprint density at radius 3 is 2.44 bits per heavy atom. The lowest BCUT2D eigenvalue weighted by molar-refractivity contribution is -0.255. The van der Waals surface area contributed by atoms with Crippen molar-refractivity contribution < 1.29 is 29.0 Å². The summed E-state index contributed by atoms with van der Waals surface area (Å²) in [6.07, 6.45) is 1.40. The fourth-order valence-electron chi connectivity index (χ4n) is 3.27. The number of thiophene rings is 1. The molecule has 0 radical (unpaired) electrons. The quantitative estimate of drug-likeness (QED) is 0.265. The second-order valence-corrected chi connectivity index (χ2v) is 8.87. The number of hydrogen-bond acceptors (Lipinski definition) is 8. The monoisotopic (exact) mass is 503 g/mol. The molecular weight excluding hydrogens is 480 g/mol. The third kappa shape index (κ3) is 6.17. The highest BCUT2D eigenvalue weighted by Gasteiger charge is 2.23. The van der Waals surface area contributed by atoms with Crippen LogP contribution in [0.1, 0.15) is 49.2 Å². The SMILES string of the molecule is CCOC(=O)c1c(NC(=O)C(C#N)=Cc2ccccc2OCc2ccc(C(=O)[O-])cc2)sc(C)c1C. The molecule has 0 unspecified atom stereocenters. The second kappa shape index (κ2) is 11.8. The molecule has 0 aliphatic carbocycles. The lowest BCUT2D eigenvalue weighted by atomic mass is 10.1. The number of nitrogens with one attached hydrogen (secondary N) is 1. The highest BCUT2D eigenvalue weighted by atomic mass is 32.1. The third-order valence-electron chi connectivity index (χ3n) is 5.26. The van der Waals surface area contributed by atoms with Crippen LogP contribution < -0.4 is 15.2 Å². The number of para-hydroxylation sites is 1. The van der Waals surface area contributed by atoms with Crippen molar-refractivity contribution >= 4 is 40.3 Å². The fourth-order valence-corrected chi connectivity index (χ4v) is 4.31. The average molecular weight is 504 g/mol. The number of rotatable bonds is 9. The van der Waals surface area contributed by atoms with E-state index in [4.69, 9.17) is 9.47 Å². The minimum Gasteiger partial charge on any atom is -0.545 e. The van der Waals surface area contributed by atoms with Crippen molar-refractivity contribution in [3.8, 4) is 11.8 Å². The molecule has 0 atom stereocenters. The summed E-state index contributed by atoms with van der Waals surface area (Å²) in [6.45, 7) is 5.64. The number of carbonyl (C=O) groups is 3. The van der Waals surface area contributed by atoms with E-state index in [1.807, 2.05) is 13.0 Å².